The van der Waals surface area contributed by atoms with Crippen LogP contribution in [0.15, 0.2) is 158 Å². The molecule has 8 aromatic rings. The van der Waals surface area contributed by atoms with Crippen LogP contribution < -0.4 is 15.0 Å². The second-order valence-electron chi connectivity index (χ2n) is 11.5. The molecule has 0 saturated carbocycles. The Morgan fingerprint density at radius 3 is 2.18 bits per heavy atom. The van der Waals surface area contributed by atoms with Gasteiger partial charge in [0.25, 0.3) is 0 Å². The molecular weight excluding hydrogens is 786 g/mol. The van der Waals surface area contributed by atoms with Gasteiger partial charge in [0, 0.05) is 48.3 Å². The molecule has 1 aliphatic heterocycles. The van der Waals surface area contributed by atoms with Gasteiger partial charge in [-0.3, -0.25) is 0 Å². The van der Waals surface area contributed by atoms with Crippen LogP contribution in [0.4, 0.5) is 39.8 Å². The van der Waals surface area contributed by atoms with Crippen molar-refractivity contribution < 1.29 is 30.1 Å². The molecule has 0 bridgehead atoms. The Labute approximate surface area is 303 Å². The Bertz CT molecular complexity index is 2540. The molecule has 1 N–H and O–H groups in total. The molecule has 0 saturated heterocycles. The van der Waals surface area contributed by atoms with Crippen LogP contribution >= 0.6 is 0 Å². The van der Waals surface area contributed by atoms with E-state index in [0.717, 1.165) is 61.6 Å². The first kappa shape index (κ1) is 27.3. The van der Waals surface area contributed by atoms with Crippen molar-refractivity contribution in [3.05, 3.63) is 176 Å². The molecule has 0 unspecified atom stereocenters. The largest absolute Gasteiger partial charge is 0.358 e. The van der Waals surface area contributed by atoms with E-state index >= 15 is 0 Å². The number of aryl methyl sites for hydroxylation is 1. The summed E-state index contributed by atoms with van der Waals surface area (Å²) < 4.78 is 26.1. The van der Waals surface area contributed by atoms with Gasteiger partial charge in [0.05, 0.1) is 0 Å². The number of hydrogen-bond acceptors (Lipinski definition) is 4. The summed E-state index contributed by atoms with van der Waals surface area (Å²) in [6.45, 7) is -2.27. The van der Waals surface area contributed by atoms with Gasteiger partial charge in [-0.15, -0.1) is 40.8 Å². The Balaban J connectivity index is 0.00000387. The van der Waals surface area contributed by atoms with Crippen LogP contribution in [0.2, 0.25) is 0 Å². The summed E-state index contributed by atoms with van der Waals surface area (Å²) in [5, 5.41) is 5.87. The van der Waals surface area contributed by atoms with E-state index in [-0.39, 0.29) is 26.6 Å². The molecule has 0 amide bonds. The van der Waals surface area contributed by atoms with Crippen LogP contribution in [-0.2, 0) is 21.1 Å². The number of pyridine rings is 1. The van der Waals surface area contributed by atoms with Crippen LogP contribution in [0.25, 0.3) is 27.6 Å². The Kier molecular flexibility index (Phi) is 7.09. The number of rotatable bonds is 6. The molecule has 3 heterocycles. The van der Waals surface area contributed by atoms with Gasteiger partial charge in [-0.25, -0.2) is 4.98 Å². The number of hydrogen-bond donors (Lipinski definition) is 0. The van der Waals surface area contributed by atoms with Crippen LogP contribution in [-0.4, -0.2) is 14.5 Å². The molecule has 0 spiro atoms. The smallest absolute Gasteiger partial charge is 0.148 e. The van der Waals surface area contributed by atoms with E-state index in [1.807, 2.05) is 112 Å². The summed E-state index contributed by atoms with van der Waals surface area (Å²) in [5.41, 5.74) is 8.09. The van der Waals surface area contributed by atoms with Gasteiger partial charge < -0.3 is 9.47 Å². The normalized spacial score (nSPS) is 13.4. The predicted octanol–water partition coefficient (Wildman–Crippen LogP) is 10.7. The fourth-order valence-electron chi connectivity index (χ4n) is 6.42. The predicted molar refractivity (Wildman–Crippen MR) is 195 cm³/mol. The topological polar surface area (TPSA) is 40.3 Å². The number of para-hydroxylation sites is 5. The van der Waals surface area contributed by atoms with Crippen LogP contribution in [0.5, 0.6) is 0 Å². The summed E-state index contributed by atoms with van der Waals surface area (Å²) in [6, 6.07) is 57.2. The molecule has 2 aromatic heterocycles. The van der Waals surface area contributed by atoms with Gasteiger partial charge in [0.1, 0.15) is 22.9 Å². The molecule has 9 rings (SSSR count). The van der Waals surface area contributed by atoms with Crippen molar-refractivity contribution in [1.29, 1.82) is 0 Å². The molecule has 0 aliphatic carbocycles. The Morgan fingerprint density at radius 2 is 1.37 bits per heavy atom. The molecule has 0 fully saturated rings. The molecule has 240 valence electrons. The Hall–Kier alpha value is -5.68. The van der Waals surface area contributed by atoms with Crippen LogP contribution in [0, 0.1) is 19.0 Å². The molecule has 1 aliphatic rings. The first-order valence-corrected chi connectivity index (χ1v) is 15.7. The molecular formula is C42H30N5OPt-. The quantitative estimate of drug-likeness (QED) is 0.124. The van der Waals surface area contributed by atoms with E-state index in [1.165, 1.54) is 0 Å². The maximum Gasteiger partial charge on any atom is 0.148 e. The van der Waals surface area contributed by atoms with Crippen molar-refractivity contribution in [1.82, 2.24) is 9.55 Å². The third-order valence-electron chi connectivity index (χ3n) is 8.55. The monoisotopic (exact) mass is 818 g/mol. The molecule has 49 heavy (non-hydrogen) atoms. The van der Waals surface area contributed by atoms with Gasteiger partial charge in [0.15, 0.2) is 0 Å². The second kappa shape index (κ2) is 12.7. The van der Waals surface area contributed by atoms with Crippen molar-refractivity contribution in [2.75, 3.05) is 15.0 Å². The molecule has 7 heteroatoms. The average molecular weight is 819 g/mol. The second-order valence-corrected chi connectivity index (χ2v) is 11.5. The van der Waals surface area contributed by atoms with E-state index in [2.05, 4.69) is 64.5 Å². The zero-order valence-corrected chi connectivity index (χ0v) is 28.3. The van der Waals surface area contributed by atoms with Crippen molar-refractivity contribution >= 4 is 61.6 Å². The number of nitrogens with zero attached hydrogens (tertiary/aromatic N) is 5. The molecule has 0 radical (unpaired) electrons. The first-order valence-electron chi connectivity index (χ1n) is 17.2. The summed E-state index contributed by atoms with van der Waals surface area (Å²) in [7, 11) is 0. The standard InChI is InChI=1S/C42H29N5O.Pt/c1-30-25-26-43-42(27-30)45-38-20-9-8-19-36(38)37-24-23-34(29-41(37)45)44(31-13-4-2-5-14-31)33-17-12-18-35(28-33)47-40-22-11-10-21-39(40)46(48-47)32-15-6-3-7-16-32;/h2-27H,1H3;/q-2;/p+1/i1D3;. The zero-order valence-electron chi connectivity index (χ0n) is 29.0. The SMILES string of the molecule is [2H]C([2H])([2H])c1ccnc(-n2c3[c-]c(N(c4[c-]c(N5[OH+]N(c6ccccc6)c6ccccc65)ccc4)c4ccccc4)ccc3c3ccccc32)c1.[Pt]. The van der Waals surface area contributed by atoms with E-state index < -0.39 is 6.85 Å². The minimum absolute atomic E-state index is 0. The summed E-state index contributed by atoms with van der Waals surface area (Å²) in [5.74, 6) is 0.514. The van der Waals surface area contributed by atoms with Crippen LogP contribution in [0.3, 0.4) is 0 Å². The Morgan fingerprint density at radius 1 is 0.653 bits per heavy atom. The number of anilines is 7. The average Bonchev–Trinajstić information content (AvgIpc) is 3.72. The number of fused-ring (bicyclic) bond motifs is 4. The first-order chi connectivity index (χ1) is 24.9. The summed E-state index contributed by atoms with van der Waals surface area (Å²) in [4.78, 5) is 11.8. The maximum atomic E-state index is 8.04. The molecule has 0 atom stereocenters. The van der Waals surface area contributed by atoms with Gasteiger partial charge in [-0.05, 0) is 72.4 Å². The summed E-state index contributed by atoms with van der Waals surface area (Å²) in [6.07, 6.45) is 1.55. The van der Waals surface area contributed by atoms with Crippen molar-refractivity contribution in [2.24, 2.45) is 0 Å². The minimum atomic E-state index is -2.27. The van der Waals surface area contributed by atoms with E-state index in [1.54, 1.807) is 18.3 Å². The van der Waals surface area contributed by atoms with E-state index in [9.17, 15) is 0 Å². The molecule has 6 aromatic carbocycles. The van der Waals surface area contributed by atoms with Crippen molar-refractivity contribution in [3.63, 3.8) is 0 Å². The molecule has 6 nitrogen and oxygen atoms in total. The number of benzene rings is 6. The zero-order chi connectivity index (χ0) is 34.5. The maximum absolute atomic E-state index is 8.04. The van der Waals surface area contributed by atoms with Gasteiger partial charge >= 0.3 is 0 Å². The van der Waals surface area contributed by atoms with Crippen molar-refractivity contribution in [3.8, 4) is 5.82 Å². The third-order valence-corrected chi connectivity index (χ3v) is 8.55. The third kappa shape index (κ3) is 5.36. The van der Waals surface area contributed by atoms with Gasteiger partial charge in [-0.2, -0.15) is 17.1 Å². The minimum Gasteiger partial charge on any atom is -0.358 e. The van der Waals surface area contributed by atoms with Gasteiger partial charge in [0.2, 0.25) is 0 Å². The van der Waals surface area contributed by atoms with Gasteiger partial charge in [-0.1, -0.05) is 88.7 Å². The fraction of sp³-hybridized carbons (Fsp3) is 0.0238. The fourth-order valence-corrected chi connectivity index (χ4v) is 6.42. The summed E-state index contributed by atoms with van der Waals surface area (Å²) >= 11 is 0. The number of aromatic nitrogens is 2. The van der Waals surface area contributed by atoms with E-state index in [0.29, 0.717) is 5.82 Å². The van der Waals surface area contributed by atoms with Crippen molar-refractivity contribution in [2.45, 2.75) is 6.85 Å². The van der Waals surface area contributed by atoms with E-state index in [4.69, 9.17) is 9.05 Å². The van der Waals surface area contributed by atoms with Crippen LogP contribution in [0.1, 0.15) is 9.68 Å².